The SMILES string of the molecule is CSc1ccccc1-c1nnc(I)s1. The summed E-state index contributed by atoms with van der Waals surface area (Å²) < 4.78 is 0.980. The van der Waals surface area contributed by atoms with E-state index in [0.717, 1.165) is 8.02 Å². The van der Waals surface area contributed by atoms with Crippen LogP contribution < -0.4 is 0 Å². The van der Waals surface area contributed by atoms with Gasteiger partial charge in [-0.15, -0.1) is 22.0 Å². The van der Waals surface area contributed by atoms with Crippen molar-refractivity contribution in [2.45, 2.75) is 4.90 Å². The number of benzene rings is 1. The van der Waals surface area contributed by atoms with Gasteiger partial charge in [0.2, 0.25) is 0 Å². The fraction of sp³-hybridized carbons (Fsp3) is 0.111. The fourth-order valence-electron chi connectivity index (χ4n) is 1.14. The maximum Gasteiger partial charge on any atom is 0.178 e. The molecule has 0 fully saturated rings. The Morgan fingerprint density at radius 2 is 2.07 bits per heavy atom. The average molecular weight is 334 g/mol. The number of aromatic nitrogens is 2. The molecule has 0 saturated carbocycles. The lowest BCUT2D eigenvalue weighted by Gasteiger charge is -2.01. The van der Waals surface area contributed by atoms with Gasteiger partial charge in [-0.05, 0) is 34.9 Å². The molecular formula is C9H7IN2S2. The zero-order valence-corrected chi connectivity index (χ0v) is 11.2. The first kappa shape index (κ1) is 10.4. The minimum atomic E-state index is 0.980. The predicted molar refractivity (Wildman–Crippen MR) is 69.8 cm³/mol. The van der Waals surface area contributed by atoms with Crippen LogP contribution in [0.2, 0.25) is 0 Å². The number of halogens is 1. The molecule has 2 nitrogen and oxygen atoms in total. The lowest BCUT2D eigenvalue weighted by atomic mass is 10.2. The van der Waals surface area contributed by atoms with Gasteiger partial charge in [-0.1, -0.05) is 29.5 Å². The third-order valence-electron chi connectivity index (χ3n) is 1.74. The van der Waals surface area contributed by atoms with E-state index in [-0.39, 0.29) is 0 Å². The molecule has 5 heteroatoms. The van der Waals surface area contributed by atoms with Crippen LogP contribution in [0, 0.1) is 3.01 Å². The molecule has 14 heavy (non-hydrogen) atoms. The van der Waals surface area contributed by atoms with E-state index in [2.05, 4.69) is 51.2 Å². The van der Waals surface area contributed by atoms with Gasteiger partial charge >= 0.3 is 0 Å². The standard InChI is InChI=1S/C9H7IN2S2/c1-13-7-5-3-2-4-6(7)8-11-12-9(10)14-8/h2-5H,1H3. The molecule has 72 valence electrons. The summed E-state index contributed by atoms with van der Waals surface area (Å²) in [4.78, 5) is 1.25. The van der Waals surface area contributed by atoms with Crippen LogP contribution in [0.1, 0.15) is 0 Å². The van der Waals surface area contributed by atoms with Crippen LogP contribution in [-0.2, 0) is 0 Å². The molecule has 1 aromatic carbocycles. The first-order chi connectivity index (χ1) is 6.81. The lowest BCUT2D eigenvalue weighted by Crippen LogP contribution is -1.80. The van der Waals surface area contributed by atoms with Crippen molar-refractivity contribution in [2.75, 3.05) is 6.26 Å². The third-order valence-corrected chi connectivity index (χ3v) is 4.15. The zero-order chi connectivity index (χ0) is 9.97. The highest BCUT2D eigenvalue weighted by atomic mass is 127. The molecule has 0 N–H and O–H groups in total. The van der Waals surface area contributed by atoms with E-state index < -0.39 is 0 Å². The van der Waals surface area contributed by atoms with Crippen molar-refractivity contribution >= 4 is 45.7 Å². The number of thioether (sulfide) groups is 1. The van der Waals surface area contributed by atoms with Crippen LogP contribution in [0.3, 0.4) is 0 Å². The van der Waals surface area contributed by atoms with Crippen LogP contribution in [0.25, 0.3) is 10.6 Å². The molecule has 0 spiro atoms. The molecule has 0 unspecified atom stereocenters. The molecule has 2 aromatic rings. The van der Waals surface area contributed by atoms with Gasteiger partial charge in [-0.25, -0.2) is 0 Å². The van der Waals surface area contributed by atoms with E-state index >= 15 is 0 Å². The van der Waals surface area contributed by atoms with Crippen molar-refractivity contribution in [3.63, 3.8) is 0 Å². The number of nitrogens with zero attached hydrogens (tertiary/aromatic N) is 2. The van der Waals surface area contributed by atoms with Crippen LogP contribution >= 0.6 is 45.7 Å². The Hall–Kier alpha value is -0.140. The van der Waals surface area contributed by atoms with Gasteiger partial charge in [-0.3, -0.25) is 0 Å². The van der Waals surface area contributed by atoms with Crippen molar-refractivity contribution in [1.82, 2.24) is 10.2 Å². The van der Waals surface area contributed by atoms with E-state index in [1.807, 2.05) is 12.1 Å². The zero-order valence-electron chi connectivity index (χ0n) is 7.40. The van der Waals surface area contributed by atoms with E-state index in [1.165, 1.54) is 10.5 Å². The highest BCUT2D eigenvalue weighted by molar-refractivity contribution is 14.1. The number of hydrogen-bond donors (Lipinski definition) is 0. The monoisotopic (exact) mass is 334 g/mol. The Labute approximate surface area is 104 Å². The summed E-state index contributed by atoms with van der Waals surface area (Å²) in [5.41, 5.74) is 1.18. The second-order valence-electron chi connectivity index (χ2n) is 2.56. The fourth-order valence-corrected chi connectivity index (χ4v) is 3.14. The van der Waals surface area contributed by atoms with Gasteiger partial charge in [0.15, 0.2) is 3.01 Å². The average Bonchev–Trinajstić information content (AvgIpc) is 2.65. The van der Waals surface area contributed by atoms with Gasteiger partial charge in [-0.2, -0.15) is 0 Å². The van der Waals surface area contributed by atoms with Crippen molar-refractivity contribution in [3.8, 4) is 10.6 Å². The molecule has 0 amide bonds. The normalized spacial score (nSPS) is 10.4. The van der Waals surface area contributed by atoms with Crippen LogP contribution in [0.5, 0.6) is 0 Å². The maximum atomic E-state index is 4.14. The molecule has 0 aliphatic heterocycles. The topological polar surface area (TPSA) is 25.8 Å². The summed E-state index contributed by atoms with van der Waals surface area (Å²) in [5.74, 6) is 0. The summed E-state index contributed by atoms with van der Waals surface area (Å²) in [6, 6.07) is 8.27. The van der Waals surface area contributed by atoms with E-state index in [1.54, 1.807) is 23.1 Å². The smallest absolute Gasteiger partial charge is 0.137 e. The van der Waals surface area contributed by atoms with Gasteiger partial charge in [0, 0.05) is 10.5 Å². The van der Waals surface area contributed by atoms with E-state index in [0.29, 0.717) is 0 Å². The largest absolute Gasteiger partial charge is 0.178 e. The van der Waals surface area contributed by atoms with Crippen LogP contribution in [0.4, 0.5) is 0 Å². The molecule has 0 saturated heterocycles. The molecule has 1 aromatic heterocycles. The maximum absolute atomic E-state index is 4.14. The van der Waals surface area contributed by atoms with Crippen LogP contribution in [0.15, 0.2) is 29.2 Å². The summed E-state index contributed by atoms with van der Waals surface area (Å²) in [5, 5.41) is 9.16. The Kier molecular flexibility index (Phi) is 3.40. The van der Waals surface area contributed by atoms with Crippen molar-refractivity contribution in [3.05, 3.63) is 27.3 Å². The summed E-state index contributed by atoms with van der Waals surface area (Å²) in [6.45, 7) is 0. The van der Waals surface area contributed by atoms with Gasteiger partial charge in [0.05, 0.1) is 0 Å². The molecule has 0 bridgehead atoms. The molecular weight excluding hydrogens is 327 g/mol. The van der Waals surface area contributed by atoms with E-state index in [4.69, 9.17) is 0 Å². The molecule has 0 atom stereocenters. The molecule has 1 heterocycles. The molecule has 0 aliphatic rings. The Balaban J connectivity index is 2.50. The predicted octanol–water partition coefficient (Wildman–Crippen LogP) is 3.53. The quantitative estimate of drug-likeness (QED) is 0.621. The second-order valence-corrected chi connectivity index (χ2v) is 6.14. The first-order valence-corrected chi connectivity index (χ1v) is 7.05. The Morgan fingerprint density at radius 1 is 1.29 bits per heavy atom. The third kappa shape index (κ3) is 2.09. The first-order valence-electron chi connectivity index (χ1n) is 3.93. The minimum Gasteiger partial charge on any atom is -0.137 e. The van der Waals surface area contributed by atoms with E-state index in [9.17, 15) is 0 Å². The Morgan fingerprint density at radius 3 is 2.71 bits per heavy atom. The summed E-state index contributed by atoms with van der Waals surface area (Å²) in [6.07, 6.45) is 2.07. The van der Waals surface area contributed by atoms with Crippen molar-refractivity contribution in [2.24, 2.45) is 0 Å². The van der Waals surface area contributed by atoms with Gasteiger partial charge < -0.3 is 0 Å². The lowest BCUT2D eigenvalue weighted by molar-refractivity contribution is 1.07. The minimum absolute atomic E-state index is 0.980. The number of hydrogen-bond acceptors (Lipinski definition) is 4. The highest BCUT2D eigenvalue weighted by Crippen LogP contribution is 2.31. The number of rotatable bonds is 2. The van der Waals surface area contributed by atoms with Crippen molar-refractivity contribution < 1.29 is 0 Å². The van der Waals surface area contributed by atoms with Crippen molar-refractivity contribution in [1.29, 1.82) is 0 Å². The van der Waals surface area contributed by atoms with Crippen LogP contribution in [-0.4, -0.2) is 16.5 Å². The van der Waals surface area contributed by atoms with Gasteiger partial charge in [0.25, 0.3) is 0 Å². The summed E-state index contributed by atoms with van der Waals surface area (Å²) in [7, 11) is 0. The Bertz CT molecular complexity index is 442. The van der Waals surface area contributed by atoms with Gasteiger partial charge in [0.1, 0.15) is 5.01 Å². The second kappa shape index (κ2) is 4.59. The highest BCUT2D eigenvalue weighted by Gasteiger charge is 2.08. The molecule has 2 rings (SSSR count). The molecule has 0 aliphatic carbocycles. The summed E-state index contributed by atoms with van der Waals surface area (Å²) >= 11 is 5.55. The molecule has 0 radical (unpaired) electrons.